The molecule has 0 atom stereocenters. The zero-order valence-electron chi connectivity index (χ0n) is 18.3. The topological polar surface area (TPSA) is 64.4 Å². The van der Waals surface area contributed by atoms with Crippen molar-refractivity contribution < 1.29 is 27.4 Å². The van der Waals surface area contributed by atoms with Gasteiger partial charge in [-0.25, -0.2) is 0 Å². The number of benzene rings is 3. The van der Waals surface area contributed by atoms with E-state index in [0.717, 1.165) is 17.2 Å². The minimum Gasteiger partial charge on any atom is -0.473 e. The molecule has 0 radical (unpaired) electrons. The molecule has 0 aliphatic carbocycles. The Morgan fingerprint density at radius 1 is 0.743 bits per heavy atom. The van der Waals surface area contributed by atoms with Crippen molar-refractivity contribution in [3.05, 3.63) is 108 Å². The molecule has 0 spiro atoms. The van der Waals surface area contributed by atoms with Gasteiger partial charge in [0.05, 0.1) is 11.6 Å². The summed E-state index contributed by atoms with van der Waals surface area (Å²) in [7, 11) is 0. The standard InChI is InChI=1S/C27H19F3N2O3/c28-27(29,30)35-24-15-21(16-31)11-12-22(24)23-13-14-25(33-17-19-7-3-1-4-8-19)32-26(23)34-18-20-9-5-2-6-10-20/h1-15H,17-18H2. The highest BCUT2D eigenvalue weighted by Gasteiger charge is 2.33. The van der Waals surface area contributed by atoms with Crippen LogP contribution in [0, 0.1) is 11.3 Å². The second-order valence-electron chi connectivity index (χ2n) is 7.42. The van der Waals surface area contributed by atoms with Crippen LogP contribution in [0.4, 0.5) is 13.2 Å². The van der Waals surface area contributed by atoms with Crippen molar-refractivity contribution in [2.75, 3.05) is 0 Å². The third-order valence-electron chi connectivity index (χ3n) is 4.91. The first-order valence-corrected chi connectivity index (χ1v) is 10.6. The number of hydrogen-bond acceptors (Lipinski definition) is 5. The molecule has 4 rings (SSSR count). The first kappa shape index (κ1) is 23.6. The van der Waals surface area contributed by atoms with Gasteiger partial charge in [0.25, 0.3) is 0 Å². The van der Waals surface area contributed by atoms with Crippen LogP contribution in [0.2, 0.25) is 0 Å². The van der Waals surface area contributed by atoms with Crippen molar-refractivity contribution >= 4 is 0 Å². The van der Waals surface area contributed by atoms with Gasteiger partial charge in [-0.1, -0.05) is 60.7 Å². The van der Waals surface area contributed by atoms with Crippen LogP contribution in [-0.4, -0.2) is 11.3 Å². The fraction of sp³-hybridized carbons (Fsp3) is 0.111. The normalized spacial score (nSPS) is 10.9. The Hall–Kier alpha value is -4.51. The Morgan fingerprint density at radius 3 is 1.94 bits per heavy atom. The summed E-state index contributed by atoms with van der Waals surface area (Å²) in [5, 5.41) is 9.14. The zero-order chi connectivity index (χ0) is 24.7. The number of aromatic nitrogens is 1. The number of nitriles is 1. The highest BCUT2D eigenvalue weighted by atomic mass is 19.4. The molecular formula is C27H19F3N2O3. The maximum Gasteiger partial charge on any atom is 0.573 e. The van der Waals surface area contributed by atoms with Gasteiger partial charge in [0.1, 0.15) is 19.0 Å². The predicted molar refractivity (Wildman–Crippen MR) is 123 cm³/mol. The first-order chi connectivity index (χ1) is 16.9. The molecule has 0 saturated heterocycles. The lowest BCUT2D eigenvalue weighted by Crippen LogP contribution is -2.17. The molecule has 176 valence electrons. The number of pyridine rings is 1. The number of rotatable bonds is 8. The first-order valence-electron chi connectivity index (χ1n) is 10.6. The molecule has 8 heteroatoms. The van der Waals surface area contributed by atoms with Crippen molar-refractivity contribution in [1.29, 1.82) is 5.26 Å². The average molecular weight is 476 g/mol. The van der Waals surface area contributed by atoms with Crippen LogP contribution in [-0.2, 0) is 13.2 Å². The van der Waals surface area contributed by atoms with E-state index in [9.17, 15) is 13.2 Å². The van der Waals surface area contributed by atoms with Crippen molar-refractivity contribution in [1.82, 2.24) is 4.98 Å². The molecule has 0 unspecified atom stereocenters. The largest absolute Gasteiger partial charge is 0.573 e. The van der Waals surface area contributed by atoms with Gasteiger partial charge in [-0.3, -0.25) is 0 Å². The third-order valence-corrected chi connectivity index (χ3v) is 4.91. The molecular weight excluding hydrogens is 457 g/mol. The minimum atomic E-state index is -4.94. The van der Waals surface area contributed by atoms with Gasteiger partial charge < -0.3 is 14.2 Å². The van der Waals surface area contributed by atoms with Crippen LogP contribution < -0.4 is 14.2 Å². The molecule has 5 nitrogen and oxygen atoms in total. The number of halogens is 3. The van der Waals surface area contributed by atoms with Crippen molar-refractivity contribution in [2.24, 2.45) is 0 Å². The molecule has 0 aliphatic heterocycles. The molecule has 1 heterocycles. The highest BCUT2D eigenvalue weighted by Crippen LogP contribution is 2.39. The summed E-state index contributed by atoms with van der Waals surface area (Å²) in [4.78, 5) is 4.41. The lowest BCUT2D eigenvalue weighted by Gasteiger charge is -2.17. The van der Waals surface area contributed by atoms with E-state index in [1.165, 1.54) is 12.1 Å². The van der Waals surface area contributed by atoms with Crippen molar-refractivity contribution in [3.63, 3.8) is 0 Å². The van der Waals surface area contributed by atoms with Gasteiger partial charge in [0.2, 0.25) is 11.8 Å². The van der Waals surface area contributed by atoms with Gasteiger partial charge in [-0.15, -0.1) is 13.2 Å². The summed E-state index contributed by atoms with van der Waals surface area (Å²) in [6.45, 7) is 0.388. The summed E-state index contributed by atoms with van der Waals surface area (Å²) in [5.41, 5.74) is 2.14. The quantitative estimate of drug-likeness (QED) is 0.284. The molecule has 0 saturated carbocycles. The van der Waals surface area contributed by atoms with Crippen LogP contribution in [0.3, 0.4) is 0 Å². The zero-order valence-corrected chi connectivity index (χ0v) is 18.3. The van der Waals surface area contributed by atoms with E-state index in [1.54, 1.807) is 12.1 Å². The Labute approximate surface area is 200 Å². The number of hydrogen-bond donors (Lipinski definition) is 0. The number of ether oxygens (including phenoxy) is 3. The molecule has 0 fully saturated rings. The van der Waals surface area contributed by atoms with Gasteiger partial charge in [0.15, 0.2) is 0 Å². The second kappa shape index (κ2) is 10.6. The molecule has 3 aromatic carbocycles. The molecule has 35 heavy (non-hydrogen) atoms. The fourth-order valence-electron chi connectivity index (χ4n) is 3.30. The van der Waals surface area contributed by atoms with Crippen LogP contribution in [0.15, 0.2) is 91.0 Å². The van der Waals surface area contributed by atoms with Crippen LogP contribution in [0.5, 0.6) is 17.5 Å². The Bertz CT molecular complexity index is 1320. The van der Waals surface area contributed by atoms with Crippen LogP contribution in [0.1, 0.15) is 16.7 Å². The van der Waals surface area contributed by atoms with Gasteiger partial charge in [0, 0.05) is 17.2 Å². The van der Waals surface area contributed by atoms with Gasteiger partial charge >= 0.3 is 6.36 Å². The van der Waals surface area contributed by atoms with Gasteiger partial charge in [-0.05, 0) is 35.4 Å². The Morgan fingerprint density at radius 2 is 1.34 bits per heavy atom. The molecule has 4 aromatic rings. The van der Waals surface area contributed by atoms with E-state index in [-0.39, 0.29) is 41.7 Å². The smallest absolute Gasteiger partial charge is 0.473 e. The van der Waals surface area contributed by atoms with E-state index >= 15 is 0 Å². The number of nitrogens with zero attached hydrogens (tertiary/aromatic N) is 2. The average Bonchev–Trinajstić information content (AvgIpc) is 2.87. The van der Waals surface area contributed by atoms with Crippen molar-refractivity contribution in [3.8, 4) is 34.7 Å². The summed E-state index contributed by atoms with van der Waals surface area (Å²) in [6, 6.07) is 27.5. The monoisotopic (exact) mass is 476 g/mol. The van der Waals surface area contributed by atoms with E-state index in [1.807, 2.05) is 66.7 Å². The third kappa shape index (κ3) is 6.51. The Balaban J connectivity index is 1.70. The Kier molecular flexibility index (Phi) is 7.17. The van der Waals surface area contributed by atoms with Crippen LogP contribution in [0.25, 0.3) is 11.1 Å². The molecule has 0 bridgehead atoms. The minimum absolute atomic E-state index is 0.0236. The van der Waals surface area contributed by atoms with Gasteiger partial charge in [-0.2, -0.15) is 10.2 Å². The fourth-order valence-corrected chi connectivity index (χ4v) is 3.30. The summed E-state index contributed by atoms with van der Waals surface area (Å²) >= 11 is 0. The van der Waals surface area contributed by atoms with E-state index in [4.69, 9.17) is 14.7 Å². The number of alkyl halides is 3. The molecule has 0 aliphatic rings. The van der Waals surface area contributed by atoms with E-state index in [0.29, 0.717) is 0 Å². The predicted octanol–water partition coefficient (Wildman–Crippen LogP) is 6.68. The maximum atomic E-state index is 13.1. The molecule has 1 aromatic heterocycles. The molecule has 0 N–H and O–H groups in total. The highest BCUT2D eigenvalue weighted by molar-refractivity contribution is 5.75. The molecule has 0 amide bonds. The van der Waals surface area contributed by atoms with E-state index in [2.05, 4.69) is 9.72 Å². The van der Waals surface area contributed by atoms with E-state index < -0.39 is 12.1 Å². The summed E-state index contributed by atoms with van der Waals surface area (Å²) in [6.07, 6.45) is -4.94. The lowest BCUT2D eigenvalue weighted by atomic mass is 10.0. The second-order valence-corrected chi connectivity index (χ2v) is 7.42. The van der Waals surface area contributed by atoms with Crippen LogP contribution >= 0.6 is 0 Å². The van der Waals surface area contributed by atoms with Crippen molar-refractivity contribution in [2.45, 2.75) is 19.6 Å². The SMILES string of the molecule is N#Cc1ccc(-c2ccc(OCc3ccccc3)nc2OCc2ccccc2)c(OC(F)(F)F)c1. The lowest BCUT2D eigenvalue weighted by molar-refractivity contribution is -0.274. The summed E-state index contributed by atoms with van der Waals surface area (Å²) < 4.78 is 55.2. The maximum absolute atomic E-state index is 13.1. The summed E-state index contributed by atoms with van der Waals surface area (Å²) in [5.74, 6) is -0.218.